The van der Waals surface area contributed by atoms with Gasteiger partial charge in [0.1, 0.15) is 6.04 Å². The zero-order valence-corrected chi connectivity index (χ0v) is 12.5. The molecular formula is C18H19NO4. The molecule has 0 bridgehead atoms. The second kappa shape index (κ2) is 9.17. The zero-order valence-electron chi connectivity index (χ0n) is 12.5. The molecule has 0 aliphatic carbocycles. The summed E-state index contributed by atoms with van der Waals surface area (Å²) in [7, 11) is 0. The van der Waals surface area contributed by atoms with E-state index in [2.05, 4.69) is 5.32 Å². The van der Waals surface area contributed by atoms with E-state index in [9.17, 15) is 14.7 Å². The van der Waals surface area contributed by atoms with Crippen LogP contribution in [0.1, 0.15) is 11.1 Å². The van der Waals surface area contributed by atoms with Gasteiger partial charge < -0.3 is 15.9 Å². The monoisotopic (exact) mass is 313 g/mol. The Morgan fingerprint density at radius 3 is 2.13 bits per heavy atom. The van der Waals surface area contributed by atoms with Gasteiger partial charge >= 0.3 is 5.97 Å². The van der Waals surface area contributed by atoms with Crippen LogP contribution in [0.5, 0.6) is 0 Å². The molecule has 0 saturated heterocycles. The first-order valence-electron chi connectivity index (χ1n) is 6.95. The highest BCUT2D eigenvalue weighted by Crippen LogP contribution is 2.04. The van der Waals surface area contributed by atoms with E-state index in [1.165, 1.54) is 6.08 Å². The molecular weight excluding hydrogens is 294 g/mol. The number of carboxylic acid groups (broad SMARTS) is 1. The van der Waals surface area contributed by atoms with Crippen LogP contribution in [-0.4, -0.2) is 28.5 Å². The standard InChI is InChI=1S/C18H17NO3.H2O/c20-17(12-11-14-7-3-1-4-8-14)19-16(18(21)22)13-15-9-5-2-6-10-15;/h1-12,16H,13H2,(H,19,20)(H,21,22);1H2/b12-11+;/t16-;/m0./s1. The Hall–Kier alpha value is -2.92. The Bertz CT molecular complexity index is 653. The van der Waals surface area contributed by atoms with Crippen molar-refractivity contribution in [3.8, 4) is 0 Å². The SMILES string of the molecule is O.O=C(/C=C/c1ccccc1)N[C@@H](Cc1ccccc1)C(=O)O. The van der Waals surface area contributed by atoms with E-state index in [0.717, 1.165) is 11.1 Å². The average Bonchev–Trinajstić information content (AvgIpc) is 2.54. The molecule has 5 nitrogen and oxygen atoms in total. The number of hydrogen-bond donors (Lipinski definition) is 2. The summed E-state index contributed by atoms with van der Waals surface area (Å²) in [5, 5.41) is 11.7. The molecule has 120 valence electrons. The third kappa shape index (κ3) is 6.15. The summed E-state index contributed by atoms with van der Waals surface area (Å²) in [4.78, 5) is 23.1. The van der Waals surface area contributed by atoms with Gasteiger partial charge in [-0.2, -0.15) is 0 Å². The minimum Gasteiger partial charge on any atom is -0.480 e. The van der Waals surface area contributed by atoms with E-state index < -0.39 is 17.9 Å². The molecule has 0 aliphatic rings. The quantitative estimate of drug-likeness (QED) is 0.794. The van der Waals surface area contributed by atoms with Crippen molar-refractivity contribution >= 4 is 18.0 Å². The summed E-state index contributed by atoms with van der Waals surface area (Å²) >= 11 is 0. The molecule has 0 aromatic heterocycles. The minimum absolute atomic E-state index is 0. The Balaban J connectivity index is 0.00000264. The average molecular weight is 313 g/mol. The number of aliphatic carboxylic acids is 1. The van der Waals surface area contributed by atoms with Crippen LogP contribution in [0.15, 0.2) is 66.7 Å². The van der Waals surface area contributed by atoms with Gasteiger partial charge in [-0.3, -0.25) is 4.79 Å². The van der Waals surface area contributed by atoms with E-state index >= 15 is 0 Å². The van der Waals surface area contributed by atoms with Gasteiger partial charge in [-0.15, -0.1) is 0 Å². The molecule has 1 amide bonds. The topological polar surface area (TPSA) is 97.9 Å². The van der Waals surface area contributed by atoms with Crippen molar-refractivity contribution in [2.75, 3.05) is 0 Å². The van der Waals surface area contributed by atoms with Crippen molar-refractivity contribution in [2.45, 2.75) is 12.5 Å². The predicted octanol–water partition coefficient (Wildman–Crippen LogP) is 1.69. The summed E-state index contributed by atoms with van der Waals surface area (Å²) in [6, 6.07) is 17.6. The molecule has 2 rings (SSSR count). The first-order valence-corrected chi connectivity index (χ1v) is 6.95. The molecule has 2 aromatic rings. The van der Waals surface area contributed by atoms with E-state index in [1.807, 2.05) is 60.7 Å². The normalized spacial score (nSPS) is 11.5. The van der Waals surface area contributed by atoms with Gasteiger partial charge in [-0.25, -0.2) is 4.79 Å². The summed E-state index contributed by atoms with van der Waals surface area (Å²) in [5.74, 6) is -1.47. The van der Waals surface area contributed by atoms with Crippen LogP contribution >= 0.6 is 0 Å². The summed E-state index contributed by atoms with van der Waals surface area (Å²) in [6.45, 7) is 0. The molecule has 2 aromatic carbocycles. The van der Waals surface area contributed by atoms with E-state index in [0.29, 0.717) is 0 Å². The van der Waals surface area contributed by atoms with Crippen LogP contribution < -0.4 is 5.32 Å². The van der Waals surface area contributed by atoms with Crippen LogP contribution in [0, 0.1) is 0 Å². The Morgan fingerprint density at radius 2 is 1.57 bits per heavy atom. The number of carboxylic acids is 1. The van der Waals surface area contributed by atoms with Crippen molar-refractivity contribution in [2.24, 2.45) is 0 Å². The fourth-order valence-corrected chi connectivity index (χ4v) is 2.01. The number of rotatable bonds is 6. The zero-order chi connectivity index (χ0) is 15.8. The largest absolute Gasteiger partial charge is 0.480 e. The number of carbonyl (C=O) groups is 2. The Labute approximate surface area is 134 Å². The fourth-order valence-electron chi connectivity index (χ4n) is 2.01. The lowest BCUT2D eigenvalue weighted by Crippen LogP contribution is -2.41. The van der Waals surface area contributed by atoms with Crippen molar-refractivity contribution in [3.63, 3.8) is 0 Å². The van der Waals surface area contributed by atoms with Gasteiger partial charge in [-0.05, 0) is 17.2 Å². The molecule has 0 radical (unpaired) electrons. The Morgan fingerprint density at radius 1 is 1.00 bits per heavy atom. The molecule has 0 heterocycles. The van der Waals surface area contributed by atoms with Gasteiger partial charge in [0.05, 0.1) is 0 Å². The number of benzene rings is 2. The van der Waals surface area contributed by atoms with E-state index in [1.54, 1.807) is 6.08 Å². The van der Waals surface area contributed by atoms with Crippen LogP contribution in [0.4, 0.5) is 0 Å². The fraction of sp³-hybridized carbons (Fsp3) is 0.111. The molecule has 0 saturated carbocycles. The number of amides is 1. The molecule has 1 atom stereocenters. The maximum Gasteiger partial charge on any atom is 0.326 e. The molecule has 23 heavy (non-hydrogen) atoms. The highest BCUT2D eigenvalue weighted by Gasteiger charge is 2.19. The van der Waals surface area contributed by atoms with Crippen LogP contribution in [0.2, 0.25) is 0 Å². The molecule has 0 fully saturated rings. The number of nitrogens with one attached hydrogen (secondary N) is 1. The molecule has 5 heteroatoms. The first kappa shape index (κ1) is 18.1. The second-order valence-electron chi connectivity index (χ2n) is 4.83. The summed E-state index contributed by atoms with van der Waals surface area (Å²) in [6.07, 6.45) is 3.24. The lowest BCUT2D eigenvalue weighted by Gasteiger charge is -2.13. The van der Waals surface area contributed by atoms with Crippen molar-refractivity contribution in [1.82, 2.24) is 5.32 Å². The smallest absolute Gasteiger partial charge is 0.326 e. The minimum atomic E-state index is -1.05. The van der Waals surface area contributed by atoms with Gasteiger partial charge in [-0.1, -0.05) is 60.7 Å². The lowest BCUT2D eigenvalue weighted by atomic mass is 10.1. The van der Waals surface area contributed by atoms with E-state index in [4.69, 9.17) is 0 Å². The third-order valence-corrected chi connectivity index (χ3v) is 3.12. The predicted molar refractivity (Wildman–Crippen MR) is 88.8 cm³/mol. The van der Waals surface area contributed by atoms with Gasteiger partial charge in [0, 0.05) is 12.5 Å². The maximum absolute atomic E-state index is 11.9. The highest BCUT2D eigenvalue weighted by atomic mass is 16.4. The van der Waals surface area contributed by atoms with Crippen molar-refractivity contribution in [3.05, 3.63) is 77.9 Å². The van der Waals surface area contributed by atoms with Crippen LogP contribution in [0.25, 0.3) is 6.08 Å². The summed E-state index contributed by atoms with van der Waals surface area (Å²) < 4.78 is 0. The van der Waals surface area contributed by atoms with Gasteiger partial charge in [0.15, 0.2) is 0 Å². The van der Waals surface area contributed by atoms with E-state index in [-0.39, 0.29) is 11.9 Å². The maximum atomic E-state index is 11.9. The molecule has 4 N–H and O–H groups in total. The van der Waals surface area contributed by atoms with Crippen LogP contribution in [0.3, 0.4) is 0 Å². The lowest BCUT2D eigenvalue weighted by molar-refractivity contribution is -0.141. The molecule has 0 spiro atoms. The van der Waals surface area contributed by atoms with Crippen LogP contribution in [-0.2, 0) is 16.0 Å². The van der Waals surface area contributed by atoms with Crippen molar-refractivity contribution < 1.29 is 20.2 Å². The second-order valence-corrected chi connectivity index (χ2v) is 4.83. The summed E-state index contributed by atoms with van der Waals surface area (Å²) in [5.41, 5.74) is 1.75. The highest BCUT2D eigenvalue weighted by molar-refractivity contribution is 5.94. The number of hydrogen-bond acceptors (Lipinski definition) is 2. The third-order valence-electron chi connectivity index (χ3n) is 3.12. The Kier molecular flexibility index (Phi) is 7.23. The molecule has 0 unspecified atom stereocenters. The number of carbonyl (C=O) groups excluding carboxylic acids is 1. The first-order chi connectivity index (χ1) is 10.6. The molecule has 0 aliphatic heterocycles. The van der Waals surface area contributed by atoms with Crippen molar-refractivity contribution in [1.29, 1.82) is 0 Å². The van der Waals surface area contributed by atoms with Gasteiger partial charge in [0.2, 0.25) is 5.91 Å². The van der Waals surface area contributed by atoms with Gasteiger partial charge in [0.25, 0.3) is 0 Å².